The van der Waals surface area contributed by atoms with Crippen molar-refractivity contribution in [1.82, 2.24) is 4.90 Å². The number of benzene rings is 2. The maximum Gasteiger partial charge on any atom is 0.260 e. The summed E-state index contributed by atoms with van der Waals surface area (Å²) < 4.78 is 6.43. The first-order chi connectivity index (χ1) is 11.6. The quantitative estimate of drug-likeness (QED) is 0.651. The molecule has 1 aliphatic carbocycles. The zero-order valence-corrected chi connectivity index (χ0v) is 15.6. The molecule has 126 valence electrons. The Morgan fingerprint density at radius 2 is 1.96 bits per heavy atom. The van der Waals surface area contributed by atoms with Crippen LogP contribution in [0, 0.1) is 5.92 Å². The SMILES string of the molecule is O=C(COc1ccc(Cl)cc1Br)N(Cc1ccccc1)CC1CC1. The molecule has 0 unspecified atom stereocenters. The summed E-state index contributed by atoms with van der Waals surface area (Å²) in [7, 11) is 0. The largest absolute Gasteiger partial charge is 0.483 e. The summed E-state index contributed by atoms with van der Waals surface area (Å²) in [6.45, 7) is 1.46. The molecule has 1 aliphatic rings. The van der Waals surface area contributed by atoms with Gasteiger partial charge in [0.25, 0.3) is 5.91 Å². The molecule has 1 amide bonds. The number of amides is 1. The molecule has 0 aromatic heterocycles. The van der Waals surface area contributed by atoms with Gasteiger partial charge in [0.05, 0.1) is 4.47 Å². The molecule has 24 heavy (non-hydrogen) atoms. The van der Waals surface area contributed by atoms with Crippen molar-refractivity contribution in [3.63, 3.8) is 0 Å². The van der Waals surface area contributed by atoms with E-state index < -0.39 is 0 Å². The minimum absolute atomic E-state index is 0.00704. The highest BCUT2D eigenvalue weighted by molar-refractivity contribution is 9.10. The molecule has 0 bridgehead atoms. The van der Waals surface area contributed by atoms with E-state index in [4.69, 9.17) is 16.3 Å². The van der Waals surface area contributed by atoms with Gasteiger partial charge in [-0.1, -0.05) is 41.9 Å². The van der Waals surface area contributed by atoms with Crippen LogP contribution in [0.25, 0.3) is 0 Å². The first kappa shape index (κ1) is 17.3. The van der Waals surface area contributed by atoms with Crippen molar-refractivity contribution in [3.05, 3.63) is 63.6 Å². The van der Waals surface area contributed by atoms with Gasteiger partial charge in [0.15, 0.2) is 6.61 Å². The van der Waals surface area contributed by atoms with Gasteiger partial charge < -0.3 is 9.64 Å². The lowest BCUT2D eigenvalue weighted by Crippen LogP contribution is -2.36. The highest BCUT2D eigenvalue weighted by atomic mass is 79.9. The Morgan fingerprint density at radius 3 is 2.62 bits per heavy atom. The molecular weight excluding hydrogens is 390 g/mol. The summed E-state index contributed by atoms with van der Waals surface area (Å²) in [5.74, 6) is 1.27. The predicted molar refractivity (Wildman–Crippen MR) is 99.2 cm³/mol. The van der Waals surface area contributed by atoms with Gasteiger partial charge >= 0.3 is 0 Å². The minimum atomic E-state index is 0.00704. The smallest absolute Gasteiger partial charge is 0.260 e. The molecule has 0 N–H and O–H groups in total. The van der Waals surface area contributed by atoms with Crippen molar-refractivity contribution >= 4 is 33.4 Å². The average Bonchev–Trinajstić information content (AvgIpc) is 3.38. The molecule has 2 aromatic rings. The van der Waals surface area contributed by atoms with E-state index in [-0.39, 0.29) is 12.5 Å². The zero-order valence-electron chi connectivity index (χ0n) is 13.3. The summed E-state index contributed by atoms with van der Waals surface area (Å²) in [6.07, 6.45) is 2.42. The predicted octanol–water partition coefficient (Wildman–Crippen LogP) is 4.92. The molecule has 0 aliphatic heterocycles. The molecule has 1 saturated carbocycles. The second-order valence-electron chi connectivity index (χ2n) is 6.07. The van der Waals surface area contributed by atoms with Gasteiger partial charge in [0.1, 0.15) is 5.75 Å². The summed E-state index contributed by atoms with van der Waals surface area (Å²) in [5, 5.41) is 0.625. The third-order valence-electron chi connectivity index (χ3n) is 3.99. The highest BCUT2D eigenvalue weighted by Gasteiger charge is 2.27. The maximum absolute atomic E-state index is 12.6. The van der Waals surface area contributed by atoms with E-state index in [0.29, 0.717) is 23.2 Å². The maximum atomic E-state index is 12.6. The lowest BCUT2D eigenvalue weighted by molar-refractivity contribution is -0.134. The van der Waals surface area contributed by atoms with E-state index in [1.165, 1.54) is 12.8 Å². The van der Waals surface area contributed by atoms with Crippen LogP contribution in [0.2, 0.25) is 5.02 Å². The molecule has 3 nitrogen and oxygen atoms in total. The number of nitrogens with zero attached hydrogens (tertiary/aromatic N) is 1. The molecule has 5 heteroatoms. The van der Waals surface area contributed by atoms with E-state index >= 15 is 0 Å². The number of halogens is 2. The fourth-order valence-corrected chi connectivity index (χ4v) is 3.29. The third kappa shape index (κ3) is 4.99. The molecule has 3 rings (SSSR count). The number of hydrogen-bond donors (Lipinski definition) is 0. The van der Waals surface area contributed by atoms with Gasteiger partial charge in [-0.05, 0) is 58.5 Å². The van der Waals surface area contributed by atoms with Gasteiger partial charge in [0, 0.05) is 18.1 Å². The second kappa shape index (κ2) is 8.04. The van der Waals surface area contributed by atoms with Crippen molar-refractivity contribution in [3.8, 4) is 5.75 Å². The summed E-state index contributed by atoms with van der Waals surface area (Å²) in [5.41, 5.74) is 1.14. The molecule has 2 aromatic carbocycles. The second-order valence-corrected chi connectivity index (χ2v) is 7.36. The molecular formula is C19H19BrClNO2. The van der Waals surface area contributed by atoms with E-state index in [2.05, 4.69) is 15.9 Å². The Morgan fingerprint density at radius 1 is 1.21 bits per heavy atom. The Hall–Kier alpha value is -1.52. The van der Waals surface area contributed by atoms with Crippen LogP contribution in [0.3, 0.4) is 0 Å². The Balaban J connectivity index is 1.62. The Bertz CT molecular complexity index is 704. The van der Waals surface area contributed by atoms with E-state index in [1.807, 2.05) is 35.2 Å². The van der Waals surface area contributed by atoms with Gasteiger partial charge in [-0.15, -0.1) is 0 Å². The number of carbonyl (C=O) groups excluding carboxylic acids is 1. The van der Waals surface area contributed by atoms with Crippen molar-refractivity contribution in [2.45, 2.75) is 19.4 Å². The number of carbonyl (C=O) groups is 1. The Kier molecular flexibility index (Phi) is 5.80. The van der Waals surface area contributed by atoms with Crippen LogP contribution in [-0.4, -0.2) is 24.0 Å². The molecule has 0 spiro atoms. The van der Waals surface area contributed by atoms with Crippen LogP contribution in [0.15, 0.2) is 53.0 Å². The minimum Gasteiger partial charge on any atom is -0.483 e. The lowest BCUT2D eigenvalue weighted by atomic mass is 10.2. The van der Waals surface area contributed by atoms with Crippen molar-refractivity contribution in [2.24, 2.45) is 5.92 Å². The number of hydrogen-bond acceptors (Lipinski definition) is 2. The third-order valence-corrected chi connectivity index (χ3v) is 4.84. The average molecular weight is 409 g/mol. The molecule has 0 radical (unpaired) electrons. The standard InChI is InChI=1S/C19H19BrClNO2/c20-17-10-16(21)8-9-18(17)24-13-19(23)22(12-15-6-7-15)11-14-4-2-1-3-5-14/h1-5,8-10,15H,6-7,11-13H2. The first-order valence-electron chi connectivity index (χ1n) is 8.01. The molecule has 0 atom stereocenters. The molecule has 0 heterocycles. The van der Waals surface area contributed by atoms with Crippen LogP contribution in [0.4, 0.5) is 0 Å². The topological polar surface area (TPSA) is 29.5 Å². The van der Waals surface area contributed by atoms with Crippen molar-refractivity contribution < 1.29 is 9.53 Å². The van der Waals surface area contributed by atoms with Crippen LogP contribution >= 0.6 is 27.5 Å². The highest BCUT2D eigenvalue weighted by Crippen LogP contribution is 2.31. The summed E-state index contributed by atoms with van der Waals surface area (Å²) >= 11 is 9.33. The van der Waals surface area contributed by atoms with Crippen LogP contribution < -0.4 is 4.74 Å². The number of ether oxygens (including phenoxy) is 1. The fraction of sp³-hybridized carbons (Fsp3) is 0.316. The lowest BCUT2D eigenvalue weighted by Gasteiger charge is -2.23. The van der Waals surface area contributed by atoms with Gasteiger partial charge in [0.2, 0.25) is 0 Å². The first-order valence-corrected chi connectivity index (χ1v) is 9.18. The van der Waals surface area contributed by atoms with Gasteiger partial charge in [-0.25, -0.2) is 0 Å². The number of rotatable bonds is 7. The fourth-order valence-electron chi connectivity index (χ4n) is 2.49. The van der Waals surface area contributed by atoms with Gasteiger partial charge in [-0.2, -0.15) is 0 Å². The van der Waals surface area contributed by atoms with Crippen molar-refractivity contribution in [1.29, 1.82) is 0 Å². The van der Waals surface area contributed by atoms with Crippen LogP contribution in [0.5, 0.6) is 5.75 Å². The monoisotopic (exact) mass is 407 g/mol. The van der Waals surface area contributed by atoms with Crippen molar-refractivity contribution in [2.75, 3.05) is 13.2 Å². The van der Waals surface area contributed by atoms with Crippen LogP contribution in [0.1, 0.15) is 18.4 Å². The summed E-state index contributed by atoms with van der Waals surface area (Å²) in [4.78, 5) is 14.5. The molecule has 1 fully saturated rings. The Labute approximate surface area is 155 Å². The van der Waals surface area contributed by atoms with Gasteiger partial charge in [-0.3, -0.25) is 4.79 Å². The van der Waals surface area contributed by atoms with E-state index in [1.54, 1.807) is 18.2 Å². The summed E-state index contributed by atoms with van der Waals surface area (Å²) in [6, 6.07) is 15.3. The van der Waals surface area contributed by atoms with E-state index in [0.717, 1.165) is 16.6 Å². The normalized spacial score (nSPS) is 13.6. The molecule has 0 saturated heterocycles. The van der Waals surface area contributed by atoms with Crippen LogP contribution in [-0.2, 0) is 11.3 Å². The zero-order chi connectivity index (χ0) is 16.9. The van der Waals surface area contributed by atoms with E-state index in [9.17, 15) is 4.79 Å².